The van der Waals surface area contributed by atoms with E-state index in [1.54, 1.807) is 12.1 Å². The minimum absolute atomic E-state index is 0.0667. The summed E-state index contributed by atoms with van der Waals surface area (Å²) in [4.78, 5) is 0.0644. The molecule has 1 saturated carbocycles. The first-order valence-corrected chi connectivity index (χ1v) is 13.3. The molecule has 1 spiro atoms. The molecule has 4 nitrogen and oxygen atoms in total. The van der Waals surface area contributed by atoms with Gasteiger partial charge in [-0.05, 0) is 48.6 Å². The van der Waals surface area contributed by atoms with Crippen LogP contribution < -0.4 is 0 Å². The maximum Gasteiger partial charge on any atom is 0.243 e. The highest BCUT2D eigenvalue weighted by molar-refractivity contribution is 9.15. The first-order chi connectivity index (χ1) is 14.2. The summed E-state index contributed by atoms with van der Waals surface area (Å²) in [6.07, 6.45) is 2.59. The number of alkyl halides is 1. The van der Waals surface area contributed by atoms with Gasteiger partial charge >= 0.3 is 0 Å². The normalized spacial score (nSPS) is 31.3. The molecule has 1 heterocycles. The maximum absolute atomic E-state index is 13.5. The van der Waals surface area contributed by atoms with Gasteiger partial charge in [0.05, 0.1) is 10.3 Å². The van der Waals surface area contributed by atoms with Crippen molar-refractivity contribution in [3.63, 3.8) is 0 Å². The van der Waals surface area contributed by atoms with E-state index in [0.717, 1.165) is 46.0 Å². The molecule has 2 aromatic carbocycles. The predicted molar refractivity (Wildman–Crippen MR) is 125 cm³/mol. The fraction of sp³-hybridized carbons (Fsp3) is 0.391. The van der Waals surface area contributed by atoms with Gasteiger partial charge in [0.15, 0.2) is 0 Å². The summed E-state index contributed by atoms with van der Waals surface area (Å²) >= 11 is 7.51. The lowest BCUT2D eigenvalue weighted by Gasteiger charge is -2.58. The summed E-state index contributed by atoms with van der Waals surface area (Å²) < 4.78 is 29.5. The molecular weight excluding hydrogens is 530 g/mol. The van der Waals surface area contributed by atoms with Crippen LogP contribution in [0.3, 0.4) is 0 Å². The van der Waals surface area contributed by atoms with Crippen LogP contribution in [0.2, 0.25) is 0 Å². The van der Waals surface area contributed by atoms with E-state index in [4.69, 9.17) is 0 Å². The number of sulfonamides is 1. The molecule has 2 fully saturated rings. The van der Waals surface area contributed by atoms with Gasteiger partial charge in [-0.2, -0.15) is 4.31 Å². The molecule has 3 atom stereocenters. The van der Waals surface area contributed by atoms with Crippen LogP contribution in [0, 0.1) is 6.92 Å². The molecule has 3 aliphatic rings. The standard InChI is InChI=1S/C23H23Br2NO3S/c1-15-8-10-16(11-9-15)30(28,29)26-13-19-21(25)17-5-2-3-6-18(17)22(19)12-4-7-20(24)23(22,27)14-26/h2-3,5-6,8-11,20,27H,4,7,12-14H2,1H3/t20-,22+,23+/m0/s1. The van der Waals surface area contributed by atoms with Crippen molar-refractivity contribution < 1.29 is 13.5 Å². The molecule has 0 radical (unpaired) electrons. The zero-order valence-corrected chi connectivity index (χ0v) is 20.6. The van der Waals surface area contributed by atoms with Crippen molar-refractivity contribution in [3.05, 3.63) is 70.8 Å². The Morgan fingerprint density at radius 2 is 1.83 bits per heavy atom. The summed E-state index contributed by atoms with van der Waals surface area (Å²) in [7, 11) is -3.75. The molecule has 1 aliphatic heterocycles. The van der Waals surface area contributed by atoms with Crippen LogP contribution in [0.15, 0.2) is 59.0 Å². The molecule has 0 amide bonds. The highest BCUT2D eigenvalue weighted by atomic mass is 79.9. The number of nitrogens with zero attached hydrogens (tertiary/aromatic N) is 1. The Kier molecular flexibility index (Phi) is 4.88. The van der Waals surface area contributed by atoms with Crippen molar-refractivity contribution in [1.29, 1.82) is 0 Å². The highest BCUT2D eigenvalue weighted by Gasteiger charge is 2.65. The molecule has 5 rings (SSSR count). The number of rotatable bonds is 2. The van der Waals surface area contributed by atoms with Crippen molar-refractivity contribution in [2.24, 2.45) is 0 Å². The first-order valence-electron chi connectivity index (χ1n) is 10.1. The Morgan fingerprint density at radius 1 is 1.13 bits per heavy atom. The van der Waals surface area contributed by atoms with E-state index in [-0.39, 0.29) is 22.8 Å². The van der Waals surface area contributed by atoms with Gasteiger partial charge in [-0.25, -0.2) is 8.42 Å². The summed E-state index contributed by atoms with van der Waals surface area (Å²) in [5.41, 5.74) is 2.33. The third-order valence-electron chi connectivity index (χ3n) is 7.08. The van der Waals surface area contributed by atoms with Gasteiger partial charge in [-0.1, -0.05) is 80.2 Å². The highest BCUT2D eigenvalue weighted by Crippen LogP contribution is 2.62. The number of benzene rings is 2. The maximum atomic E-state index is 13.5. The minimum Gasteiger partial charge on any atom is -0.386 e. The van der Waals surface area contributed by atoms with E-state index >= 15 is 0 Å². The van der Waals surface area contributed by atoms with E-state index in [9.17, 15) is 13.5 Å². The summed E-state index contributed by atoms with van der Waals surface area (Å²) in [5.74, 6) is 0. The monoisotopic (exact) mass is 551 g/mol. The van der Waals surface area contributed by atoms with Crippen molar-refractivity contribution in [2.45, 2.75) is 46.9 Å². The van der Waals surface area contributed by atoms with Gasteiger partial charge in [0.2, 0.25) is 10.0 Å². The number of piperidine rings is 1. The van der Waals surface area contributed by atoms with E-state index in [0.29, 0.717) is 0 Å². The lowest BCUT2D eigenvalue weighted by atomic mass is 9.56. The average molecular weight is 553 g/mol. The summed E-state index contributed by atoms with van der Waals surface area (Å²) in [6.45, 7) is 2.27. The summed E-state index contributed by atoms with van der Waals surface area (Å²) in [6, 6.07) is 15.0. The first kappa shape index (κ1) is 20.9. The molecule has 0 aromatic heterocycles. The molecule has 1 saturated heterocycles. The molecule has 0 bridgehead atoms. The molecule has 2 aromatic rings. The molecule has 158 valence electrons. The van der Waals surface area contributed by atoms with Crippen molar-refractivity contribution in [1.82, 2.24) is 4.31 Å². The molecular formula is C23H23Br2NO3S. The number of hydrogen-bond donors (Lipinski definition) is 1. The Labute approximate surface area is 194 Å². The lowest BCUT2D eigenvalue weighted by molar-refractivity contribution is -0.0717. The van der Waals surface area contributed by atoms with Gasteiger partial charge in [-0.3, -0.25) is 0 Å². The largest absolute Gasteiger partial charge is 0.386 e. The molecule has 0 unspecified atom stereocenters. The molecule has 1 N–H and O–H groups in total. The molecule has 2 aliphatic carbocycles. The van der Waals surface area contributed by atoms with Crippen LogP contribution in [0.4, 0.5) is 0 Å². The van der Waals surface area contributed by atoms with Crippen molar-refractivity contribution >= 4 is 46.4 Å². The fourth-order valence-corrected chi connectivity index (χ4v) is 8.69. The van der Waals surface area contributed by atoms with Gasteiger partial charge in [0, 0.05) is 22.4 Å². The van der Waals surface area contributed by atoms with Gasteiger partial charge in [-0.15, -0.1) is 0 Å². The Morgan fingerprint density at radius 3 is 2.57 bits per heavy atom. The third-order valence-corrected chi connectivity index (χ3v) is 11.0. The topological polar surface area (TPSA) is 57.6 Å². The van der Waals surface area contributed by atoms with E-state index in [2.05, 4.69) is 44.0 Å². The number of aryl methyl sites for hydroxylation is 1. The third kappa shape index (κ3) is 2.65. The zero-order chi connectivity index (χ0) is 21.3. The second kappa shape index (κ2) is 7.01. The number of aliphatic hydroxyl groups is 1. The van der Waals surface area contributed by atoms with Crippen LogP contribution in [0.1, 0.15) is 36.0 Å². The van der Waals surface area contributed by atoms with E-state index in [1.807, 2.05) is 31.2 Å². The van der Waals surface area contributed by atoms with Crippen LogP contribution in [0.5, 0.6) is 0 Å². The number of fused-ring (bicyclic) bond motifs is 1. The number of β-amino-alcohol motifs (C(OH)–C–C–N with tert-alkyl or cyclic N) is 1. The quantitative estimate of drug-likeness (QED) is 0.548. The fourth-order valence-electron chi connectivity index (χ4n) is 5.58. The molecule has 7 heteroatoms. The second-order valence-electron chi connectivity index (χ2n) is 8.61. The zero-order valence-electron chi connectivity index (χ0n) is 16.6. The van der Waals surface area contributed by atoms with Gasteiger partial charge in [0.1, 0.15) is 5.60 Å². The van der Waals surface area contributed by atoms with Gasteiger partial charge < -0.3 is 5.11 Å². The number of hydrogen-bond acceptors (Lipinski definition) is 3. The van der Waals surface area contributed by atoms with Crippen LogP contribution in [0.25, 0.3) is 4.48 Å². The molecule has 30 heavy (non-hydrogen) atoms. The number of halogens is 2. The van der Waals surface area contributed by atoms with Crippen LogP contribution in [-0.4, -0.2) is 41.3 Å². The van der Waals surface area contributed by atoms with E-state index < -0.39 is 21.0 Å². The average Bonchev–Trinajstić information content (AvgIpc) is 2.97. The van der Waals surface area contributed by atoms with Crippen molar-refractivity contribution in [2.75, 3.05) is 13.1 Å². The Hall–Kier alpha value is -0.990. The Bertz CT molecular complexity index is 1160. The van der Waals surface area contributed by atoms with E-state index in [1.165, 1.54) is 4.31 Å². The SMILES string of the molecule is Cc1ccc(S(=O)(=O)N2CC3=C(Br)c4ccccc4[C@]34CCC[C@H](Br)[C@]4(O)C2)cc1. The predicted octanol–water partition coefficient (Wildman–Crippen LogP) is 4.74. The van der Waals surface area contributed by atoms with Gasteiger partial charge in [0.25, 0.3) is 0 Å². The van der Waals surface area contributed by atoms with Crippen LogP contribution in [-0.2, 0) is 15.4 Å². The van der Waals surface area contributed by atoms with Crippen molar-refractivity contribution in [3.8, 4) is 0 Å². The summed E-state index contributed by atoms with van der Waals surface area (Å²) in [5, 5.41) is 12.2. The smallest absolute Gasteiger partial charge is 0.243 e. The van der Waals surface area contributed by atoms with Crippen LogP contribution >= 0.6 is 31.9 Å². The lowest BCUT2D eigenvalue weighted by Crippen LogP contribution is -2.69. The second-order valence-corrected chi connectivity index (χ2v) is 12.4. The Balaban J connectivity index is 1.69. The minimum atomic E-state index is -3.75.